The van der Waals surface area contributed by atoms with Crippen LogP contribution in [0.2, 0.25) is 0 Å². The number of nitrogens with zero attached hydrogens (tertiary/aromatic N) is 5. The summed E-state index contributed by atoms with van der Waals surface area (Å²) in [7, 11) is 1.87. The molecule has 0 saturated carbocycles. The number of H-pyrrole nitrogens is 1. The number of hydrogen-bond donors (Lipinski definition) is 1. The van der Waals surface area contributed by atoms with Crippen molar-refractivity contribution in [1.29, 1.82) is 0 Å². The Morgan fingerprint density at radius 2 is 1.94 bits per heavy atom. The Labute approximate surface area is 206 Å². The second-order valence-corrected chi connectivity index (χ2v) is 9.31. The number of carbonyl (C=O) groups excluding carboxylic acids is 1. The summed E-state index contributed by atoms with van der Waals surface area (Å²) in [6, 6.07) is 10.1. The lowest BCUT2D eigenvalue weighted by molar-refractivity contribution is -0.138. The molecule has 36 heavy (non-hydrogen) atoms. The van der Waals surface area contributed by atoms with E-state index in [9.17, 15) is 18.0 Å². The summed E-state index contributed by atoms with van der Waals surface area (Å²) in [5, 5.41) is 15.0. The number of carbonyl (C=O) groups is 1. The Bertz CT molecular complexity index is 1450. The predicted molar refractivity (Wildman–Crippen MR) is 129 cm³/mol. The van der Waals surface area contributed by atoms with Gasteiger partial charge in [0.15, 0.2) is 0 Å². The van der Waals surface area contributed by atoms with E-state index < -0.39 is 17.6 Å². The fourth-order valence-corrected chi connectivity index (χ4v) is 4.87. The number of hydrogen-bond acceptors (Lipinski definition) is 4. The van der Waals surface area contributed by atoms with Gasteiger partial charge in [0.2, 0.25) is 0 Å². The van der Waals surface area contributed by atoms with E-state index in [4.69, 9.17) is 0 Å². The van der Waals surface area contributed by atoms with Gasteiger partial charge in [-0.3, -0.25) is 9.89 Å². The van der Waals surface area contributed by atoms with Crippen LogP contribution in [0.1, 0.15) is 57.1 Å². The van der Waals surface area contributed by atoms with Crippen molar-refractivity contribution in [2.45, 2.75) is 45.8 Å². The van der Waals surface area contributed by atoms with Crippen LogP contribution in [0.5, 0.6) is 0 Å². The fourth-order valence-electron chi connectivity index (χ4n) is 4.87. The lowest BCUT2D eigenvalue weighted by Gasteiger charge is -2.19. The van der Waals surface area contributed by atoms with Crippen LogP contribution in [-0.2, 0) is 26.2 Å². The molecule has 0 spiro atoms. The monoisotopic (exact) mass is 494 g/mol. The third kappa shape index (κ3) is 4.06. The molecular weight excluding hydrogens is 469 g/mol. The van der Waals surface area contributed by atoms with E-state index in [2.05, 4.69) is 20.4 Å². The fraction of sp³-hybridized carbons (Fsp3) is 0.308. The quantitative estimate of drug-likeness (QED) is 0.406. The molecule has 0 aliphatic carbocycles. The van der Waals surface area contributed by atoms with Crippen LogP contribution in [0.3, 0.4) is 0 Å². The number of aromatic amines is 1. The van der Waals surface area contributed by atoms with Crippen molar-refractivity contribution in [3.8, 4) is 11.1 Å². The van der Waals surface area contributed by atoms with Gasteiger partial charge in [-0.1, -0.05) is 19.1 Å². The van der Waals surface area contributed by atoms with Gasteiger partial charge in [0, 0.05) is 36.0 Å². The van der Waals surface area contributed by atoms with Gasteiger partial charge in [-0.2, -0.15) is 18.3 Å². The molecule has 2 aromatic carbocycles. The zero-order valence-corrected chi connectivity index (χ0v) is 20.3. The first-order valence-corrected chi connectivity index (χ1v) is 11.5. The maximum atomic E-state index is 14.1. The lowest BCUT2D eigenvalue weighted by atomic mass is 9.94. The van der Waals surface area contributed by atoms with E-state index in [-0.39, 0.29) is 23.6 Å². The van der Waals surface area contributed by atoms with Crippen molar-refractivity contribution in [3.05, 3.63) is 82.2 Å². The van der Waals surface area contributed by atoms with Gasteiger partial charge in [0.25, 0.3) is 5.91 Å². The summed E-state index contributed by atoms with van der Waals surface area (Å²) in [6.07, 6.45) is -2.33. The molecule has 0 unspecified atom stereocenters. The van der Waals surface area contributed by atoms with Gasteiger partial charge in [-0.25, -0.2) is 0 Å². The van der Waals surface area contributed by atoms with Crippen molar-refractivity contribution < 1.29 is 18.0 Å². The van der Waals surface area contributed by atoms with Gasteiger partial charge in [0.1, 0.15) is 12.2 Å². The minimum atomic E-state index is -4.60. The molecule has 2 aromatic heterocycles. The lowest BCUT2D eigenvalue weighted by Crippen LogP contribution is -2.23. The second kappa shape index (κ2) is 8.61. The number of benzene rings is 2. The molecule has 0 fully saturated rings. The van der Waals surface area contributed by atoms with E-state index in [0.717, 1.165) is 17.5 Å². The van der Waals surface area contributed by atoms with Crippen LogP contribution in [0.15, 0.2) is 42.7 Å². The Balaban J connectivity index is 1.52. The summed E-state index contributed by atoms with van der Waals surface area (Å²) in [6.45, 7) is 5.37. The molecule has 0 radical (unpaired) electrons. The number of nitrogens with one attached hydrogen (secondary N) is 1. The first kappa shape index (κ1) is 23.8. The van der Waals surface area contributed by atoms with E-state index in [1.807, 2.05) is 36.7 Å². The van der Waals surface area contributed by atoms with Gasteiger partial charge in [0.05, 0.1) is 17.8 Å². The van der Waals surface area contributed by atoms with Crippen LogP contribution in [-0.4, -0.2) is 30.9 Å². The normalized spacial score (nSPS) is 14.4. The zero-order valence-electron chi connectivity index (χ0n) is 20.3. The molecule has 10 heteroatoms. The average molecular weight is 495 g/mol. The molecular formula is C26H25F3N6O. The highest BCUT2D eigenvalue weighted by Crippen LogP contribution is 2.42. The highest BCUT2D eigenvalue weighted by molar-refractivity contribution is 6.11. The summed E-state index contributed by atoms with van der Waals surface area (Å²) in [4.78, 5) is 14.9. The van der Waals surface area contributed by atoms with Gasteiger partial charge in [-0.15, -0.1) is 10.2 Å². The topological polar surface area (TPSA) is 79.7 Å². The summed E-state index contributed by atoms with van der Waals surface area (Å²) < 4.78 is 44.3. The van der Waals surface area contributed by atoms with Crippen molar-refractivity contribution in [1.82, 2.24) is 25.0 Å². The van der Waals surface area contributed by atoms with Crippen molar-refractivity contribution >= 4 is 11.6 Å². The Hall–Kier alpha value is -3.95. The van der Waals surface area contributed by atoms with Crippen LogP contribution in [0.4, 0.5) is 18.9 Å². The molecule has 0 saturated heterocycles. The molecule has 186 valence electrons. The first-order chi connectivity index (χ1) is 17.0. The number of fused-ring (bicyclic) bond motifs is 1. The van der Waals surface area contributed by atoms with E-state index in [1.165, 1.54) is 4.90 Å². The third-order valence-corrected chi connectivity index (χ3v) is 6.81. The van der Waals surface area contributed by atoms with E-state index in [0.29, 0.717) is 34.6 Å². The molecule has 1 aliphatic rings. The summed E-state index contributed by atoms with van der Waals surface area (Å²) in [5.41, 5.74) is 2.91. The molecule has 1 atom stereocenters. The smallest absolute Gasteiger partial charge is 0.321 e. The Morgan fingerprint density at radius 1 is 1.17 bits per heavy atom. The van der Waals surface area contributed by atoms with Gasteiger partial charge >= 0.3 is 6.18 Å². The predicted octanol–water partition coefficient (Wildman–Crippen LogP) is 5.35. The average Bonchev–Trinajstić information content (AvgIpc) is 3.50. The molecule has 7 nitrogen and oxygen atoms in total. The van der Waals surface area contributed by atoms with Crippen molar-refractivity contribution in [2.75, 3.05) is 4.90 Å². The number of halogens is 3. The van der Waals surface area contributed by atoms with E-state index in [1.54, 1.807) is 32.3 Å². The van der Waals surface area contributed by atoms with Crippen LogP contribution < -0.4 is 4.90 Å². The Kier molecular flexibility index (Phi) is 5.69. The molecule has 5 rings (SSSR count). The second-order valence-electron chi connectivity index (χ2n) is 9.31. The molecule has 1 amide bonds. The number of aromatic nitrogens is 5. The zero-order chi connectivity index (χ0) is 25.8. The number of rotatable bonds is 5. The molecule has 0 bridgehead atoms. The molecule has 3 heterocycles. The molecule has 4 aromatic rings. The highest BCUT2D eigenvalue weighted by atomic mass is 19.4. The minimum Gasteiger partial charge on any atom is -0.321 e. The minimum absolute atomic E-state index is 0.00686. The van der Waals surface area contributed by atoms with Crippen LogP contribution in [0.25, 0.3) is 11.1 Å². The number of aryl methyl sites for hydroxylation is 3. The van der Waals surface area contributed by atoms with Crippen LogP contribution in [0, 0.1) is 13.8 Å². The van der Waals surface area contributed by atoms with Gasteiger partial charge < -0.3 is 9.47 Å². The molecule has 1 N–H and O–H groups in total. The third-order valence-electron chi connectivity index (χ3n) is 6.81. The van der Waals surface area contributed by atoms with Crippen LogP contribution >= 0.6 is 0 Å². The SMILES string of the molecule is Cc1n[nH]c(C)c1-c1cc2c(c(C(F)(F)F)c1)CN(c1cccc([C@H](C)Cc3nncn3C)c1)C2=O. The number of alkyl halides is 3. The molecule has 1 aliphatic heterocycles. The van der Waals surface area contributed by atoms with Crippen molar-refractivity contribution in [2.24, 2.45) is 7.05 Å². The first-order valence-electron chi connectivity index (χ1n) is 11.5. The van der Waals surface area contributed by atoms with Gasteiger partial charge in [-0.05, 0) is 60.7 Å². The highest BCUT2D eigenvalue weighted by Gasteiger charge is 2.41. The van der Waals surface area contributed by atoms with E-state index >= 15 is 0 Å². The van der Waals surface area contributed by atoms with Crippen molar-refractivity contribution in [3.63, 3.8) is 0 Å². The maximum Gasteiger partial charge on any atom is 0.416 e. The maximum absolute atomic E-state index is 14.1. The Morgan fingerprint density at radius 3 is 2.58 bits per heavy atom. The largest absolute Gasteiger partial charge is 0.416 e. The standard InChI is InChI=1S/C26H25F3N6O/c1-14(8-23-33-30-13-34(23)4)17-6-5-7-19(9-17)35-12-21-20(25(35)36)10-18(11-22(21)26(27,28)29)24-15(2)31-32-16(24)3/h5-7,9-11,13-14H,8,12H2,1-4H3,(H,31,32)/t14-/m1/s1. The number of anilines is 1. The number of amides is 1. The summed E-state index contributed by atoms with van der Waals surface area (Å²) in [5.74, 6) is 0.441. The summed E-state index contributed by atoms with van der Waals surface area (Å²) >= 11 is 0.